The molecule has 0 unspecified atom stereocenters. The molecule has 0 bridgehead atoms. The molecule has 2 rings (SSSR count). The zero-order chi connectivity index (χ0) is 9.97. The van der Waals surface area contributed by atoms with E-state index in [1.807, 2.05) is 0 Å². The van der Waals surface area contributed by atoms with Gasteiger partial charge < -0.3 is 10.3 Å². The summed E-state index contributed by atoms with van der Waals surface area (Å²) in [5.74, 6) is 0.363. The lowest BCUT2D eigenvalue weighted by atomic mass is 10.3. The summed E-state index contributed by atoms with van der Waals surface area (Å²) in [7, 11) is 0. The van der Waals surface area contributed by atoms with Crippen molar-refractivity contribution in [1.29, 1.82) is 0 Å². The van der Waals surface area contributed by atoms with E-state index >= 15 is 0 Å². The van der Waals surface area contributed by atoms with E-state index in [9.17, 15) is 4.39 Å². The van der Waals surface area contributed by atoms with Crippen molar-refractivity contribution >= 4 is 17.0 Å². The number of aromatic nitrogens is 2. The standard InChI is InChI=1S/C10H10FN3/c1-2-5-12-10-13-8-4-3-7(11)6-9(8)14-10/h2-4,6H,1,5H2,(H2,12,13,14). The van der Waals surface area contributed by atoms with Crippen LogP contribution in [0, 0.1) is 5.82 Å². The number of rotatable bonds is 3. The van der Waals surface area contributed by atoms with Gasteiger partial charge in [-0.1, -0.05) is 6.08 Å². The molecular weight excluding hydrogens is 181 g/mol. The van der Waals surface area contributed by atoms with Crippen LogP contribution in [0.5, 0.6) is 0 Å². The van der Waals surface area contributed by atoms with Gasteiger partial charge >= 0.3 is 0 Å². The van der Waals surface area contributed by atoms with Crippen molar-refractivity contribution in [3.05, 3.63) is 36.7 Å². The summed E-state index contributed by atoms with van der Waals surface area (Å²) in [6.45, 7) is 4.21. The molecule has 0 saturated heterocycles. The Balaban J connectivity index is 2.36. The van der Waals surface area contributed by atoms with E-state index < -0.39 is 0 Å². The number of aromatic amines is 1. The molecule has 4 heteroatoms. The smallest absolute Gasteiger partial charge is 0.201 e. The van der Waals surface area contributed by atoms with Crippen molar-refractivity contribution in [2.75, 3.05) is 11.9 Å². The number of hydrogen-bond acceptors (Lipinski definition) is 2. The SMILES string of the molecule is C=CCNc1nc2ccc(F)cc2[nH]1. The normalized spacial score (nSPS) is 10.4. The molecule has 0 saturated carbocycles. The van der Waals surface area contributed by atoms with E-state index in [2.05, 4.69) is 21.9 Å². The summed E-state index contributed by atoms with van der Waals surface area (Å²) in [6, 6.07) is 4.45. The Morgan fingerprint density at radius 1 is 1.57 bits per heavy atom. The predicted octanol–water partition coefficient (Wildman–Crippen LogP) is 2.30. The van der Waals surface area contributed by atoms with Crippen LogP contribution in [-0.2, 0) is 0 Å². The van der Waals surface area contributed by atoms with Crippen molar-refractivity contribution in [2.24, 2.45) is 0 Å². The Kier molecular flexibility index (Phi) is 2.18. The minimum atomic E-state index is -0.267. The largest absolute Gasteiger partial charge is 0.352 e. The third kappa shape index (κ3) is 1.59. The third-order valence-corrected chi connectivity index (χ3v) is 1.86. The molecule has 0 aliphatic carbocycles. The highest BCUT2D eigenvalue weighted by atomic mass is 19.1. The van der Waals surface area contributed by atoms with E-state index in [0.29, 0.717) is 18.0 Å². The van der Waals surface area contributed by atoms with Gasteiger partial charge in [-0.2, -0.15) is 0 Å². The Hall–Kier alpha value is -1.84. The molecule has 0 radical (unpaired) electrons. The van der Waals surface area contributed by atoms with Crippen LogP contribution < -0.4 is 5.32 Å². The molecule has 0 fully saturated rings. The van der Waals surface area contributed by atoms with E-state index in [-0.39, 0.29) is 5.82 Å². The maximum Gasteiger partial charge on any atom is 0.201 e. The number of fused-ring (bicyclic) bond motifs is 1. The molecule has 0 atom stereocenters. The first kappa shape index (κ1) is 8.74. The second-order valence-corrected chi connectivity index (χ2v) is 2.92. The lowest BCUT2D eigenvalue weighted by molar-refractivity contribution is 0.629. The molecule has 0 aliphatic rings. The monoisotopic (exact) mass is 191 g/mol. The number of hydrogen-bond donors (Lipinski definition) is 2. The van der Waals surface area contributed by atoms with Crippen LogP contribution in [-0.4, -0.2) is 16.5 Å². The van der Waals surface area contributed by atoms with E-state index in [4.69, 9.17) is 0 Å². The number of benzene rings is 1. The average molecular weight is 191 g/mol. The minimum absolute atomic E-state index is 0.267. The Morgan fingerprint density at radius 2 is 2.43 bits per heavy atom. The van der Waals surface area contributed by atoms with E-state index in [0.717, 1.165) is 5.52 Å². The van der Waals surface area contributed by atoms with Crippen molar-refractivity contribution < 1.29 is 4.39 Å². The van der Waals surface area contributed by atoms with Crippen molar-refractivity contribution in [1.82, 2.24) is 9.97 Å². The fourth-order valence-corrected chi connectivity index (χ4v) is 1.23. The number of halogens is 1. The number of imidazole rings is 1. The first-order chi connectivity index (χ1) is 6.79. The molecule has 2 aromatic rings. The zero-order valence-corrected chi connectivity index (χ0v) is 7.55. The van der Waals surface area contributed by atoms with Crippen LogP contribution in [0.25, 0.3) is 11.0 Å². The molecule has 2 N–H and O–H groups in total. The highest BCUT2D eigenvalue weighted by Crippen LogP contribution is 2.14. The van der Waals surface area contributed by atoms with Crippen LogP contribution in [0.1, 0.15) is 0 Å². The summed E-state index contributed by atoms with van der Waals surface area (Å²) in [5, 5.41) is 3.00. The summed E-state index contributed by atoms with van der Waals surface area (Å²) < 4.78 is 12.8. The molecular formula is C10H10FN3. The van der Waals surface area contributed by atoms with Gasteiger partial charge in [0.1, 0.15) is 5.82 Å². The topological polar surface area (TPSA) is 40.7 Å². The molecule has 0 amide bonds. The summed E-state index contributed by atoms with van der Waals surface area (Å²) >= 11 is 0. The molecule has 3 nitrogen and oxygen atoms in total. The Morgan fingerprint density at radius 3 is 3.21 bits per heavy atom. The van der Waals surface area contributed by atoms with Gasteiger partial charge in [-0.3, -0.25) is 0 Å². The third-order valence-electron chi connectivity index (χ3n) is 1.86. The van der Waals surface area contributed by atoms with E-state index in [1.165, 1.54) is 12.1 Å². The molecule has 72 valence electrons. The van der Waals surface area contributed by atoms with Gasteiger partial charge in [0, 0.05) is 6.54 Å². The average Bonchev–Trinajstić information content (AvgIpc) is 2.56. The summed E-state index contributed by atoms with van der Waals surface area (Å²) in [6.07, 6.45) is 1.73. The Bertz CT molecular complexity index is 461. The van der Waals surface area contributed by atoms with Crippen molar-refractivity contribution in [3.8, 4) is 0 Å². The van der Waals surface area contributed by atoms with Gasteiger partial charge in [0.2, 0.25) is 5.95 Å². The van der Waals surface area contributed by atoms with Crippen LogP contribution in [0.2, 0.25) is 0 Å². The molecule has 1 heterocycles. The Labute approximate surface area is 80.7 Å². The molecule has 1 aromatic carbocycles. The zero-order valence-electron chi connectivity index (χ0n) is 7.55. The molecule has 1 aromatic heterocycles. The van der Waals surface area contributed by atoms with Crippen LogP contribution in [0.15, 0.2) is 30.9 Å². The lowest BCUT2D eigenvalue weighted by Crippen LogP contribution is -1.98. The fourth-order valence-electron chi connectivity index (χ4n) is 1.23. The van der Waals surface area contributed by atoms with Crippen LogP contribution in [0.3, 0.4) is 0 Å². The number of nitrogens with one attached hydrogen (secondary N) is 2. The maximum atomic E-state index is 12.8. The van der Waals surface area contributed by atoms with Gasteiger partial charge in [-0.15, -0.1) is 6.58 Å². The van der Waals surface area contributed by atoms with Gasteiger partial charge in [0.15, 0.2) is 0 Å². The van der Waals surface area contributed by atoms with Gasteiger partial charge in [-0.05, 0) is 18.2 Å². The van der Waals surface area contributed by atoms with Gasteiger partial charge in [0.25, 0.3) is 0 Å². The molecule has 0 aliphatic heterocycles. The number of nitrogens with zero attached hydrogens (tertiary/aromatic N) is 1. The molecule has 0 spiro atoms. The quantitative estimate of drug-likeness (QED) is 0.731. The minimum Gasteiger partial charge on any atom is -0.352 e. The van der Waals surface area contributed by atoms with Gasteiger partial charge in [-0.25, -0.2) is 9.37 Å². The summed E-state index contributed by atoms with van der Waals surface area (Å²) in [5.41, 5.74) is 1.44. The first-order valence-electron chi connectivity index (χ1n) is 4.29. The second-order valence-electron chi connectivity index (χ2n) is 2.92. The van der Waals surface area contributed by atoms with Crippen LogP contribution in [0.4, 0.5) is 10.3 Å². The number of H-pyrrole nitrogens is 1. The predicted molar refractivity (Wildman–Crippen MR) is 54.7 cm³/mol. The second kappa shape index (κ2) is 3.49. The lowest BCUT2D eigenvalue weighted by Gasteiger charge is -1.94. The van der Waals surface area contributed by atoms with Crippen molar-refractivity contribution in [3.63, 3.8) is 0 Å². The first-order valence-corrected chi connectivity index (χ1v) is 4.29. The van der Waals surface area contributed by atoms with Gasteiger partial charge in [0.05, 0.1) is 11.0 Å². The maximum absolute atomic E-state index is 12.8. The van der Waals surface area contributed by atoms with Crippen molar-refractivity contribution in [2.45, 2.75) is 0 Å². The molecule has 14 heavy (non-hydrogen) atoms. The number of anilines is 1. The summed E-state index contributed by atoms with van der Waals surface area (Å²) in [4.78, 5) is 7.17. The highest BCUT2D eigenvalue weighted by molar-refractivity contribution is 5.77. The van der Waals surface area contributed by atoms with E-state index in [1.54, 1.807) is 12.1 Å². The van der Waals surface area contributed by atoms with Crippen LogP contribution >= 0.6 is 0 Å². The fraction of sp³-hybridized carbons (Fsp3) is 0.100. The highest BCUT2D eigenvalue weighted by Gasteiger charge is 2.01.